The number of benzene rings is 1. The second-order valence-corrected chi connectivity index (χ2v) is 5.00. The van der Waals surface area contributed by atoms with E-state index in [2.05, 4.69) is 0 Å². The van der Waals surface area contributed by atoms with Gasteiger partial charge in [-0.25, -0.2) is 8.78 Å². The third kappa shape index (κ3) is 3.40. The summed E-state index contributed by atoms with van der Waals surface area (Å²) in [6.45, 7) is 0. The molecular formula is C15H17F2NO. The zero-order chi connectivity index (χ0) is 13.8. The monoisotopic (exact) mass is 265 g/mol. The van der Waals surface area contributed by atoms with Crippen LogP contribution >= 0.6 is 0 Å². The zero-order valence-corrected chi connectivity index (χ0v) is 10.7. The topological polar surface area (TPSA) is 43.1 Å². The van der Waals surface area contributed by atoms with Gasteiger partial charge in [0.25, 0.3) is 0 Å². The largest absolute Gasteiger partial charge is 0.366 e. The summed E-state index contributed by atoms with van der Waals surface area (Å²) in [4.78, 5) is 11.4. The normalized spacial score (nSPS) is 16.8. The van der Waals surface area contributed by atoms with E-state index in [0.29, 0.717) is 11.5 Å². The fourth-order valence-corrected chi connectivity index (χ4v) is 2.55. The highest BCUT2D eigenvalue weighted by molar-refractivity contribution is 6.18. The highest BCUT2D eigenvalue weighted by atomic mass is 19.2. The van der Waals surface area contributed by atoms with E-state index in [-0.39, 0.29) is 5.57 Å². The van der Waals surface area contributed by atoms with Gasteiger partial charge in [0.1, 0.15) is 0 Å². The number of primary amides is 1. The molecule has 19 heavy (non-hydrogen) atoms. The molecule has 1 aromatic carbocycles. The molecule has 1 aromatic rings. The van der Waals surface area contributed by atoms with E-state index in [9.17, 15) is 13.6 Å². The Morgan fingerprint density at radius 1 is 1.26 bits per heavy atom. The van der Waals surface area contributed by atoms with Crippen molar-refractivity contribution in [3.8, 4) is 0 Å². The van der Waals surface area contributed by atoms with E-state index < -0.39 is 17.5 Å². The smallest absolute Gasteiger partial charge is 0.248 e. The fourth-order valence-electron chi connectivity index (χ4n) is 2.55. The van der Waals surface area contributed by atoms with Crippen LogP contribution in [0.3, 0.4) is 0 Å². The number of carbonyl (C=O) groups excluding carboxylic acids is 1. The molecule has 1 aliphatic rings. The number of hydrogen-bond donors (Lipinski definition) is 1. The molecule has 1 fully saturated rings. The van der Waals surface area contributed by atoms with Crippen molar-refractivity contribution >= 4 is 11.5 Å². The predicted octanol–water partition coefficient (Wildman–Crippen LogP) is 3.41. The molecule has 0 saturated heterocycles. The van der Waals surface area contributed by atoms with Crippen LogP contribution in [0, 0.1) is 17.6 Å². The molecule has 0 radical (unpaired) electrons. The SMILES string of the molecule is NC(=O)/C(=C/CC1CCCC1)c1ccc(F)c(F)c1. The first-order valence-electron chi connectivity index (χ1n) is 6.53. The molecule has 0 spiro atoms. The zero-order valence-electron chi connectivity index (χ0n) is 10.7. The number of nitrogens with two attached hydrogens (primary N) is 1. The first kappa shape index (κ1) is 13.7. The Hall–Kier alpha value is -1.71. The van der Waals surface area contributed by atoms with E-state index >= 15 is 0 Å². The minimum atomic E-state index is -0.967. The lowest BCUT2D eigenvalue weighted by atomic mass is 9.98. The Bertz CT molecular complexity index is 505. The van der Waals surface area contributed by atoms with Crippen molar-refractivity contribution < 1.29 is 13.6 Å². The summed E-state index contributed by atoms with van der Waals surface area (Å²) in [5.41, 5.74) is 5.92. The number of allylic oxidation sites excluding steroid dienone is 1. The van der Waals surface area contributed by atoms with E-state index in [4.69, 9.17) is 5.73 Å². The maximum absolute atomic E-state index is 13.2. The van der Waals surface area contributed by atoms with Gasteiger partial charge in [-0.15, -0.1) is 0 Å². The molecule has 0 atom stereocenters. The Morgan fingerprint density at radius 3 is 2.53 bits per heavy atom. The van der Waals surface area contributed by atoms with Crippen molar-refractivity contribution in [2.45, 2.75) is 32.1 Å². The molecule has 102 valence electrons. The van der Waals surface area contributed by atoms with Crippen LogP contribution in [0.4, 0.5) is 8.78 Å². The summed E-state index contributed by atoms with van der Waals surface area (Å²) >= 11 is 0. The third-order valence-electron chi connectivity index (χ3n) is 3.63. The highest BCUT2D eigenvalue weighted by Gasteiger charge is 2.16. The van der Waals surface area contributed by atoms with Crippen LogP contribution in [0.25, 0.3) is 5.57 Å². The third-order valence-corrected chi connectivity index (χ3v) is 3.63. The van der Waals surface area contributed by atoms with Crippen LogP contribution in [-0.4, -0.2) is 5.91 Å². The summed E-state index contributed by atoms with van der Waals surface area (Å²) in [6, 6.07) is 3.40. The lowest BCUT2D eigenvalue weighted by molar-refractivity contribution is -0.112. The number of halogens is 2. The average Bonchev–Trinajstić information content (AvgIpc) is 2.86. The van der Waals surface area contributed by atoms with Gasteiger partial charge in [0.05, 0.1) is 0 Å². The minimum absolute atomic E-state index is 0.269. The highest BCUT2D eigenvalue weighted by Crippen LogP contribution is 2.29. The van der Waals surface area contributed by atoms with Gasteiger partial charge < -0.3 is 5.73 Å². The molecule has 1 aliphatic carbocycles. The first-order chi connectivity index (χ1) is 9.08. The Morgan fingerprint density at radius 2 is 1.95 bits per heavy atom. The van der Waals surface area contributed by atoms with Crippen LogP contribution in [0.15, 0.2) is 24.3 Å². The quantitative estimate of drug-likeness (QED) is 0.833. The van der Waals surface area contributed by atoms with Crippen molar-refractivity contribution in [2.24, 2.45) is 11.7 Å². The van der Waals surface area contributed by atoms with Crippen molar-refractivity contribution in [1.82, 2.24) is 0 Å². The first-order valence-corrected chi connectivity index (χ1v) is 6.53. The van der Waals surface area contributed by atoms with Gasteiger partial charge in [-0.3, -0.25) is 4.79 Å². The number of carbonyl (C=O) groups is 1. The van der Waals surface area contributed by atoms with Gasteiger partial charge in [-0.2, -0.15) is 0 Å². The van der Waals surface area contributed by atoms with E-state index in [1.807, 2.05) is 0 Å². The molecule has 2 N–H and O–H groups in total. The van der Waals surface area contributed by atoms with Crippen molar-refractivity contribution in [2.75, 3.05) is 0 Å². The van der Waals surface area contributed by atoms with Crippen LogP contribution in [-0.2, 0) is 4.79 Å². The molecule has 2 nitrogen and oxygen atoms in total. The summed E-state index contributed by atoms with van der Waals surface area (Å²) in [7, 11) is 0. The molecular weight excluding hydrogens is 248 g/mol. The molecule has 1 saturated carbocycles. The van der Waals surface area contributed by atoms with Gasteiger partial charge in [-0.05, 0) is 30.0 Å². The van der Waals surface area contributed by atoms with E-state index in [0.717, 1.165) is 31.4 Å². The molecule has 4 heteroatoms. The maximum Gasteiger partial charge on any atom is 0.248 e. The summed E-state index contributed by atoms with van der Waals surface area (Å²) in [5, 5.41) is 0. The van der Waals surface area contributed by atoms with Crippen LogP contribution < -0.4 is 5.73 Å². The fraction of sp³-hybridized carbons (Fsp3) is 0.400. The van der Waals surface area contributed by atoms with E-state index in [1.165, 1.54) is 18.9 Å². The standard InChI is InChI=1S/C15H17F2NO/c16-13-8-6-11(9-14(13)17)12(15(18)19)7-5-10-3-1-2-4-10/h6-10H,1-5H2,(H2,18,19)/b12-7+. The molecule has 2 rings (SSSR count). The predicted molar refractivity (Wildman–Crippen MR) is 70.1 cm³/mol. The van der Waals surface area contributed by atoms with Gasteiger partial charge in [0.2, 0.25) is 5.91 Å². The lowest BCUT2D eigenvalue weighted by Crippen LogP contribution is -2.13. The summed E-state index contributed by atoms with van der Waals surface area (Å²) < 4.78 is 26.1. The van der Waals surface area contributed by atoms with Crippen molar-refractivity contribution in [1.29, 1.82) is 0 Å². The van der Waals surface area contributed by atoms with Gasteiger partial charge in [0.15, 0.2) is 11.6 Å². The lowest BCUT2D eigenvalue weighted by Gasteiger charge is -2.08. The van der Waals surface area contributed by atoms with Gasteiger partial charge in [0, 0.05) is 5.57 Å². The van der Waals surface area contributed by atoms with Crippen LogP contribution in [0.5, 0.6) is 0 Å². The molecule has 0 bridgehead atoms. The minimum Gasteiger partial charge on any atom is -0.366 e. The molecule has 0 heterocycles. The second kappa shape index (κ2) is 5.95. The Kier molecular flexibility index (Phi) is 4.30. The van der Waals surface area contributed by atoms with Gasteiger partial charge in [-0.1, -0.05) is 37.8 Å². The van der Waals surface area contributed by atoms with Crippen molar-refractivity contribution in [3.05, 3.63) is 41.5 Å². The average molecular weight is 265 g/mol. The number of amides is 1. The Labute approximate surface area is 111 Å². The Balaban J connectivity index is 2.20. The summed E-state index contributed by atoms with van der Waals surface area (Å²) in [6.07, 6.45) is 7.26. The number of hydrogen-bond acceptors (Lipinski definition) is 1. The van der Waals surface area contributed by atoms with Crippen LogP contribution in [0.1, 0.15) is 37.7 Å². The van der Waals surface area contributed by atoms with Crippen molar-refractivity contribution in [3.63, 3.8) is 0 Å². The molecule has 0 aliphatic heterocycles. The summed E-state index contributed by atoms with van der Waals surface area (Å²) in [5.74, 6) is -1.93. The molecule has 0 aromatic heterocycles. The van der Waals surface area contributed by atoms with E-state index in [1.54, 1.807) is 6.08 Å². The maximum atomic E-state index is 13.2. The molecule has 0 unspecified atom stereocenters. The molecule has 1 amide bonds. The second-order valence-electron chi connectivity index (χ2n) is 5.00. The van der Waals surface area contributed by atoms with Gasteiger partial charge >= 0.3 is 0 Å². The van der Waals surface area contributed by atoms with Crippen LogP contribution in [0.2, 0.25) is 0 Å². The number of rotatable bonds is 4.